The number of rotatable bonds is 1. The molecule has 4 rings (SSSR count). The summed E-state index contributed by atoms with van der Waals surface area (Å²) in [6, 6.07) is 9.04. The first-order valence-electron chi connectivity index (χ1n) is 11.9. The summed E-state index contributed by atoms with van der Waals surface area (Å²) >= 11 is 0. The Bertz CT molecular complexity index is 1140. The maximum atomic E-state index is 14.3. The SMILES string of the molecule is COc1ccc2cc1OCC(=O)N[C@@H]1CN(C(C)=O)CC[C@H]1Oc1cc(F)cc(c1)CNC(=O)CC2. The zero-order valence-corrected chi connectivity index (χ0v) is 20.3. The maximum absolute atomic E-state index is 14.3. The third kappa shape index (κ3) is 6.44. The third-order valence-corrected chi connectivity index (χ3v) is 6.28. The largest absolute Gasteiger partial charge is 0.493 e. The van der Waals surface area contributed by atoms with Gasteiger partial charge in [0.2, 0.25) is 11.8 Å². The van der Waals surface area contributed by atoms with Crippen molar-refractivity contribution in [1.82, 2.24) is 15.5 Å². The summed E-state index contributed by atoms with van der Waals surface area (Å²) in [6.45, 7) is 2.04. The van der Waals surface area contributed by atoms with Crippen molar-refractivity contribution in [2.24, 2.45) is 0 Å². The van der Waals surface area contributed by atoms with Crippen LogP contribution in [0.1, 0.15) is 30.9 Å². The smallest absolute Gasteiger partial charge is 0.258 e. The number of halogens is 1. The minimum Gasteiger partial charge on any atom is -0.493 e. The Kier molecular flexibility index (Phi) is 7.92. The molecule has 2 atom stereocenters. The quantitative estimate of drug-likeness (QED) is 0.622. The molecule has 0 unspecified atom stereocenters. The van der Waals surface area contributed by atoms with Crippen molar-refractivity contribution in [1.29, 1.82) is 0 Å². The highest BCUT2D eigenvalue weighted by atomic mass is 19.1. The van der Waals surface area contributed by atoms with Gasteiger partial charge < -0.3 is 29.7 Å². The second-order valence-corrected chi connectivity index (χ2v) is 8.93. The Morgan fingerprint density at radius 3 is 2.72 bits per heavy atom. The lowest BCUT2D eigenvalue weighted by atomic mass is 10.0. The predicted octanol–water partition coefficient (Wildman–Crippen LogP) is 1.96. The van der Waals surface area contributed by atoms with Crippen molar-refractivity contribution in [2.45, 2.75) is 44.9 Å². The van der Waals surface area contributed by atoms with Crippen molar-refractivity contribution in [3.63, 3.8) is 0 Å². The fourth-order valence-electron chi connectivity index (χ4n) is 4.39. The van der Waals surface area contributed by atoms with E-state index in [4.69, 9.17) is 14.2 Å². The number of carbonyl (C=O) groups is 3. The molecule has 3 amide bonds. The first kappa shape index (κ1) is 25.3. The minimum atomic E-state index is -0.530. The highest BCUT2D eigenvalue weighted by Gasteiger charge is 2.33. The first-order chi connectivity index (χ1) is 17.3. The van der Waals surface area contributed by atoms with Gasteiger partial charge in [-0.3, -0.25) is 14.4 Å². The molecule has 2 aromatic carbocycles. The summed E-state index contributed by atoms with van der Waals surface area (Å²) in [5, 5.41) is 5.72. The molecule has 1 saturated heterocycles. The number of ether oxygens (including phenoxy) is 3. The second kappa shape index (κ2) is 11.3. The molecule has 2 aliphatic rings. The van der Waals surface area contributed by atoms with E-state index in [0.29, 0.717) is 36.4 Å². The topological polar surface area (TPSA) is 106 Å². The monoisotopic (exact) mass is 499 g/mol. The lowest BCUT2D eigenvalue weighted by Gasteiger charge is -2.38. The van der Waals surface area contributed by atoms with Crippen LogP contribution in [0.25, 0.3) is 0 Å². The number of nitrogens with zero attached hydrogens (tertiary/aromatic N) is 1. The van der Waals surface area contributed by atoms with Crippen LogP contribution in [0.2, 0.25) is 0 Å². The summed E-state index contributed by atoms with van der Waals surface area (Å²) in [7, 11) is 1.51. The van der Waals surface area contributed by atoms with E-state index in [2.05, 4.69) is 10.6 Å². The van der Waals surface area contributed by atoms with E-state index in [1.54, 1.807) is 23.1 Å². The van der Waals surface area contributed by atoms with Crippen LogP contribution in [0.5, 0.6) is 17.2 Å². The molecule has 0 aromatic heterocycles. The zero-order chi connectivity index (χ0) is 25.7. The van der Waals surface area contributed by atoms with Crippen molar-refractivity contribution in [2.75, 3.05) is 26.8 Å². The van der Waals surface area contributed by atoms with Gasteiger partial charge in [-0.2, -0.15) is 0 Å². The number of carbonyl (C=O) groups excluding carboxylic acids is 3. The Labute approximate surface area is 208 Å². The number of methoxy groups -OCH3 is 1. The second-order valence-electron chi connectivity index (χ2n) is 8.93. The Morgan fingerprint density at radius 1 is 1.11 bits per heavy atom. The number of fused-ring (bicyclic) bond motifs is 5. The van der Waals surface area contributed by atoms with E-state index in [0.717, 1.165) is 5.56 Å². The van der Waals surface area contributed by atoms with Gasteiger partial charge in [0.25, 0.3) is 5.91 Å². The van der Waals surface area contributed by atoms with Crippen LogP contribution in [-0.4, -0.2) is 61.6 Å². The van der Waals surface area contributed by atoms with Crippen LogP contribution in [-0.2, 0) is 27.3 Å². The van der Waals surface area contributed by atoms with Gasteiger partial charge in [-0.1, -0.05) is 6.07 Å². The number of hydrogen-bond donors (Lipinski definition) is 2. The van der Waals surface area contributed by atoms with Crippen LogP contribution >= 0.6 is 0 Å². The van der Waals surface area contributed by atoms with E-state index in [-0.39, 0.29) is 43.7 Å². The van der Waals surface area contributed by atoms with E-state index >= 15 is 0 Å². The molecule has 9 nitrogen and oxygen atoms in total. The molecular formula is C26H30FN3O6. The first-order valence-corrected chi connectivity index (χ1v) is 11.9. The Balaban J connectivity index is 1.62. The zero-order valence-electron chi connectivity index (χ0n) is 20.3. The molecule has 2 aliphatic heterocycles. The molecule has 0 aliphatic carbocycles. The van der Waals surface area contributed by atoms with Gasteiger partial charge in [-0.15, -0.1) is 0 Å². The molecule has 192 valence electrons. The summed E-state index contributed by atoms with van der Waals surface area (Å²) in [5.74, 6) is -0.0387. The molecular weight excluding hydrogens is 469 g/mol. The molecule has 0 saturated carbocycles. The lowest BCUT2D eigenvalue weighted by molar-refractivity contribution is -0.133. The molecule has 10 heteroatoms. The van der Waals surface area contributed by atoms with Crippen LogP contribution in [0.4, 0.5) is 4.39 Å². The number of amides is 3. The molecule has 2 aromatic rings. The van der Waals surface area contributed by atoms with E-state index in [9.17, 15) is 18.8 Å². The fraction of sp³-hybridized carbons (Fsp3) is 0.423. The van der Waals surface area contributed by atoms with Gasteiger partial charge in [0.15, 0.2) is 18.1 Å². The highest BCUT2D eigenvalue weighted by molar-refractivity contribution is 5.78. The van der Waals surface area contributed by atoms with Gasteiger partial charge >= 0.3 is 0 Å². The maximum Gasteiger partial charge on any atom is 0.258 e. The Morgan fingerprint density at radius 2 is 1.94 bits per heavy atom. The number of hydrogen-bond acceptors (Lipinski definition) is 6. The lowest BCUT2D eigenvalue weighted by Crippen LogP contribution is -2.58. The summed E-state index contributed by atoms with van der Waals surface area (Å²) in [5.41, 5.74) is 1.40. The highest BCUT2D eigenvalue weighted by Crippen LogP contribution is 2.29. The van der Waals surface area contributed by atoms with Gasteiger partial charge in [0.05, 0.1) is 13.2 Å². The number of piperidine rings is 1. The normalized spacial score (nSPS) is 20.9. The summed E-state index contributed by atoms with van der Waals surface area (Å²) < 4.78 is 31.5. The number of likely N-dealkylation sites (tertiary alicyclic amines) is 1. The van der Waals surface area contributed by atoms with Crippen molar-refractivity contribution < 1.29 is 33.0 Å². The average Bonchev–Trinajstić information content (AvgIpc) is 2.85. The number of nitrogens with one attached hydrogen (secondary N) is 2. The number of aryl methyl sites for hydroxylation is 1. The van der Waals surface area contributed by atoms with Gasteiger partial charge in [-0.05, 0) is 41.8 Å². The van der Waals surface area contributed by atoms with Crippen LogP contribution in [0.3, 0.4) is 0 Å². The van der Waals surface area contributed by atoms with Gasteiger partial charge in [0.1, 0.15) is 17.7 Å². The van der Waals surface area contributed by atoms with Crippen LogP contribution in [0, 0.1) is 5.82 Å². The summed E-state index contributed by atoms with van der Waals surface area (Å²) in [4.78, 5) is 38.9. The predicted molar refractivity (Wildman–Crippen MR) is 128 cm³/mol. The van der Waals surface area contributed by atoms with E-state index in [1.165, 1.54) is 26.2 Å². The molecule has 4 bridgehead atoms. The average molecular weight is 500 g/mol. The number of benzene rings is 2. The van der Waals surface area contributed by atoms with Crippen molar-refractivity contribution in [3.05, 3.63) is 53.3 Å². The van der Waals surface area contributed by atoms with Crippen LogP contribution < -0.4 is 24.8 Å². The van der Waals surface area contributed by atoms with Crippen molar-refractivity contribution in [3.8, 4) is 17.2 Å². The minimum absolute atomic E-state index is 0.108. The molecule has 0 radical (unpaired) electrons. The molecule has 1 fully saturated rings. The van der Waals surface area contributed by atoms with Crippen molar-refractivity contribution >= 4 is 17.7 Å². The standard InChI is InChI=1S/C26H30FN3O6/c1-16(31)30-8-7-22-21(14-30)29-26(33)15-35-24-11-17(3-5-23(24)34-2)4-6-25(32)28-13-18-9-19(27)12-20(10-18)36-22/h3,5,9-12,21-22H,4,6-8,13-15H2,1-2H3,(H,28,32)(H,29,33)/t21-,22-/m1/s1. The van der Waals surface area contributed by atoms with Gasteiger partial charge in [0, 0.05) is 45.5 Å². The molecule has 2 N–H and O–H groups in total. The molecule has 36 heavy (non-hydrogen) atoms. The third-order valence-electron chi connectivity index (χ3n) is 6.28. The molecule has 2 heterocycles. The molecule has 0 spiro atoms. The van der Waals surface area contributed by atoms with Crippen LogP contribution in [0.15, 0.2) is 36.4 Å². The Hall–Kier alpha value is -3.82. The van der Waals surface area contributed by atoms with E-state index < -0.39 is 23.9 Å². The van der Waals surface area contributed by atoms with E-state index in [1.807, 2.05) is 6.07 Å². The summed E-state index contributed by atoms with van der Waals surface area (Å²) in [6.07, 6.45) is 0.622. The van der Waals surface area contributed by atoms with Gasteiger partial charge in [-0.25, -0.2) is 4.39 Å². The fourth-order valence-corrected chi connectivity index (χ4v) is 4.39.